The van der Waals surface area contributed by atoms with Gasteiger partial charge in [0.2, 0.25) is 0 Å². The smallest absolute Gasteiger partial charge is 0.0464 e. The van der Waals surface area contributed by atoms with Crippen molar-refractivity contribution in [2.24, 2.45) is 11.7 Å². The quantitative estimate of drug-likeness (QED) is 0.850. The summed E-state index contributed by atoms with van der Waals surface area (Å²) in [6.45, 7) is 3.02. The third kappa shape index (κ3) is 3.56. The monoisotopic (exact) mass is 358 g/mol. The molecule has 3 unspecified atom stereocenters. The lowest BCUT2D eigenvalue weighted by Crippen LogP contribution is -2.44. The van der Waals surface area contributed by atoms with Crippen molar-refractivity contribution in [1.29, 1.82) is 0 Å². The molecule has 1 aliphatic carbocycles. The zero-order valence-electron chi connectivity index (χ0n) is 12.3. The molecule has 2 rings (SSSR count). The molecule has 0 aliphatic heterocycles. The largest absolute Gasteiger partial charge is 0.330 e. The van der Waals surface area contributed by atoms with Crippen LogP contribution in [-0.4, -0.2) is 24.5 Å². The Balaban J connectivity index is 2.16. The van der Waals surface area contributed by atoms with Gasteiger partial charge in [-0.25, -0.2) is 0 Å². The van der Waals surface area contributed by atoms with Gasteiger partial charge in [-0.3, -0.25) is 4.90 Å². The normalized spacial score (nSPS) is 24.9. The van der Waals surface area contributed by atoms with Gasteiger partial charge in [-0.05, 0) is 57.0 Å². The summed E-state index contributed by atoms with van der Waals surface area (Å²) in [5.41, 5.74) is 7.15. The summed E-state index contributed by atoms with van der Waals surface area (Å²) in [5, 5.41) is 0.832. The number of benzene rings is 1. The average Bonchev–Trinajstić information content (AvgIpc) is 2.45. The van der Waals surface area contributed by atoms with Crippen LogP contribution in [0.3, 0.4) is 0 Å². The number of hydrogen-bond donors (Lipinski definition) is 1. The topological polar surface area (TPSA) is 29.3 Å². The molecule has 2 nitrogen and oxygen atoms in total. The van der Waals surface area contributed by atoms with Crippen LogP contribution in [0.4, 0.5) is 0 Å². The summed E-state index contributed by atoms with van der Waals surface area (Å²) in [6.07, 6.45) is 5.13. The minimum absolute atomic E-state index is 0.313. The van der Waals surface area contributed by atoms with E-state index in [2.05, 4.69) is 46.9 Å². The van der Waals surface area contributed by atoms with Gasteiger partial charge < -0.3 is 5.73 Å². The second-order valence-corrected chi connectivity index (χ2v) is 7.18. The Kier molecular flexibility index (Phi) is 5.91. The van der Waals surface area contributed by atoms with Crippen molar-refractivity contribution in [2.75, 3.05) is 13.6 Å². The lowest BCUT2D eigenvalue weighted by molar-refractivity contribution is 0.0989. The molecule has 20 heavy (non-hydrogen) atoms. The standard InChI is InChI=1S/C16H24BrClN2/c1-11(14-8-7-13(17)9-15(14)18)20(2)16-6-4-3-5-12(16)10-19/h7-9,11-12,16H,3-6,10,19H2,1-2H3. The molecule has 0 bridgehead atoms. The molecule has 0 heterocycles. The Morgan fingerprint density at radius 3 is 2.75 bits per heavy atom. The molecule has 0 saturated heterocycles. The zero-order valence-corrected chi connectivity index (χ0v) is 14.6. The van der Waals surface area contributed by atoms with Gasteiger partial charge in [-0.1, -0.05) is 46.4 Å². The molecule has 1 fully saturated rings. The van der Waals surface area contributed by atoms with Gasteiger partial charge in [0.15, 0.2) is 0 Å². The van der Waals surface area contributed by atoms with Crippen LogP contribution in [-0.2, 0) is 0 Å². The van der Waals surface area contributed by atoms with E-state index < -0.39 is 0 Å². The molecule has 0 aromatic heterocycles. The van der Waals surface area contributed by atoms with Gasteiger partial charge in [0, 0.05) is 21.6 Å². The van der Waals surface area contributed by atoms with Crippen LogP contribution < -0.4 is 5.73 Å². The Morgan fingerprint density at radius 1 is 1.40 bits per heavy atom. The molecule has 2 N–H and O–H groups in total. The summed E-state index contributed by atoms with van der Waals surface area (Å²) in [6, 6.07) is 7.04. The Morgan fingerprint density at radius 2 is 2.10 bits per heavy atom. The van der Waals surface area contributed by atoms with E-state index in [1.807, 2.05) is 6.07 Å². The van der Waals surface area contributed by atoms with Gasteiger partial charge in [-0.15, -0.1) is 0 Å². The van der Waals surface area contributed by atoms with Crippen LogP contribution in [0.5, 0.6) is 0 Å². The molecule has 1 aromatic carbocycles. The summed E-state index contributed by atoms with van der Waals surface area (Å²) in [4.78, 5) is 2.46. The molecule has 4 heteroatoms. The maximum atomic E-state index is 6.40. The highest BCUT2D eigenvalue weighted by molar-refractivity contribution is 9.10. The first-order chi connectivity index (χ1) is 9.54. The number of nitrogens with two attached hydrogens (primary N) is 1. The van der Waals surface area contributed by atoms with E-state index in [0.717, 1.165) is 16.0 Å². The van der Waals surface area contributed by atoms with Crippen molar-refractivity contribution in [3.8, 4) is 0 Å². The summed E-state index contributed by atoms with van der Waals surface area (Å²) in [5.74, 6) is 0.616. The fraction of sp³-hybridized carbons (Fsp3) is 0.625. The van der Waals surface area contributed by atoms with Crippen LogP contribution in [0.25, 0.3) is 0 Å². The van der Waals surface area contributed by atoms with Crippen LogP contribution in [0.2, 0.25) is 5.02 Å². The number of hydrogen-bond acceptors (Lipinski definition) is 2. The summed E-state index contributed by atoms with van der Waals surface area (Å²) >= 11 is 9.86. The Bertz CT molecular complexity index is 452. The van der Waals surface area contributed by atoms with Crippen LogP contribution in [0, 0.1) is 5.92 Å². The lowest BCUT2D eigenvalue weighted by atomic mass is 9.83. The van der Waals surface area contributed by atoms with Gasteiger partial charge >= 0.3 is 0 Å². The molecule has 0 spiro atoms. The van der Waals surface area contributed by atoms with Gasteiger partial charge in [0.1, 0.15) is 0 Å². The number of rotatable bonds is 4. The molecule has 112 valence electrons. The van der Waals surface area contributed by atoms with Crippen molar-refractivity contribution in [1.82, 2.24) is 4.90 Å². The van der Waals surface area contributed by atoms with Gasteiger partial charge in [0.05, 0.1) is 0 Å². The van der Waals surface area contributed by atoms with Crippen molar-refractivity contribution in [3.05, 3.63) is 33.3 Å². The third-order valence-electron chi connectivity index (χ3n) is 4.72. The van der Waals surface area contributed by atoms with E-state index in [9.17, 15) is 0 Å². The highest BCUT2D eigenvalue weighted by atomic mass is 79.9. The molecular formula is C16H24BrClN2. The van der Waals surface area contributed by atoms with E-state index in [1.165, 1.54) is 31.2 Å². The maximum absolute atomic E-state index is 6.40. The minimum Gasteiger partial charge on any atom is -0.330 e. The van der Waals surface area contributed by atoms with Crippen LogP contribution in [0.15, 0.2) is 22.7 Å². The summed E-state index contributed by atoms with van der Waals surface area (Å²) < 4.78 is 1.03. The SMILES string of the molecule is CC(c1ccc(Br)cc1Cl)N(C)C1CCCCC1CN. The second kappa shape index (κ2) is 7.26. The predicted octanol–water partition coefficient (Wildman–Crippen LogP) is 4.61. The number of halogens is 2. The van der Waals surface area contributed by atoms with Crippen LogP contribution >= 0.6 is 27.5 Å². The van der Waals surface area contributed by atoms with Crippen molar-refractivity contribution >= 4 is 27.5 Å². The van der Waals surface area contributed by atoms with E-state index in [4.69, 9.17) is 17.3 Å². The Labute approximate surface area is 135 Å². The Hall–Kier alpha value is -0.0900. The number of nitrogens with zero attached hydrogens (tertiary/aromatic N) is 1. The molecule has 3 atom stereocenters. The lowest BCUT2D eigenvalue weighted by Gasteiger charge is -2.41. The van der Waals surface area contributed by atoms with E-state index >= 15 is 0 Å². The average molecular weight is 360 g/mol. The second-order valence-electron chi connectivity index (χ2n) is 5.85. The third-order valence-corrected chi connectivity index (χ3v) is 5.54. The van der Waals surface area contributed by atoms with Crippen molar-refractivity contribution in [3.63, 3.8) is 0 Å². The first-order valence-corrected chi connectivity index (χ1v) is 8.58. The summed E-state index contributed by atoms with van der Waals surface area (Å²) in [7, 11) is 2.21. The fourth-order valence-electron chi connectivity index (χ4n) is 3.35. The minimum atomic E-state index is 0.313. The molecule has 0 amide bonds. The highest BCUT2D eigenvalue weighted by Gasteiger charge is 2.30. The fourth-order valence-corrected chi connectivity index (χ4v) is 4.18. The molecule has 0 radical (unpaired) electrons. The van der Waals surface area contributed by atoms with E-state index in [1.54, 1.807) is 0 Å². The van der Waals surface area contributed by atoms with Gasteiger partial charge in [-0.2, -0.15) is 0 Å². The molecular weight excluding hydrogens is 336 g/mol. The first kappa shape index (κ1) is 16.3. The van der Waals surface area contributed by atoms with E-state index in [0.29, 0.717) is 18.0 Å². The van der Waals surface area contributed by atoms with E-state index in [-0.39, 0.29) is 0 Å². The molecule has 1 aromatic rings. The van der Waals surface area contributed by atoms with Gasteiger partial charge in [0.25, 0.3) is 0 Å². The highest BCUT2D eigenvalue weighted by Crippen LogP contribution is 2.35. The van der Waals surface area contributed by atoms with Crippen molar-refractivity contribution < 1.29 is 0 Å². The van der Waals surface area contributed by atoms with Crippen molar-refractivity contribution in [2.45, 2.75) is 44.7 Å². The predicted molar refractivity (Wildman–Crippen MR) is 90.1 cm³/mol. The zero-order chi connectivity index (χ0) is 14.7. The first-order valence-electron chi connectivity index (χ1n) is 7.41. The maximum Gasteiger partial charge on any atom is 0.0464 e. The van der Waals surface area contributed by atoms with Crippen LogP contribution in [0.1, 0.15) is 44.2 Å². The molecule has 1 aliphatic rings. The molecule has 1 saturated carbocycles.